The van der Waals surface area contributed by atoms with E-state index in [1.165, 1.54) is 41.1 Å². The third kappa shape index (κ3) is 8.97. The Hall–Kier alpha value is -3.09. The molecule has 12 heteroatoms. The maximum Gasteiger partial charge on any atom is 0.417 e. The second-order valence-electron chi connectivity index (χ2n) is 8.77. The molecule has 1 aromatic carbocycles. The zero-order chi connectivity index (χ0) is 28.4. The Morgan fingerprint density at radius 3 is 2.36 bits per heavy atom. The van der Waals surface area contributed by atoms with E-state index in [0.29, 0.717) is 19.8 Å². The van der Waals surface area contributed by atoms with Gasteiger partial charge in [-0.15, -0.1) is 0 Å². The van der Waals surface area contributed by atoms with Gasteiger partial charge >= 0.3 is 17.8 Å². The highest BCUT2D eigenvalue weighted by Crippen LogP contribution is 2.36. The Morgan fingerprint density at radius 2 is 1.67 bits per heavy atom. The molecule has 2 heterocycles. The number of benzene rings is 1. The first kappa shape index (κ1) is 30.5. The van der Waals surface area contributed by atoms with Crippen molar-refractivity contribution in [3.05, 3.63) is 68.9 Å². The molecular formula is C27H30F3NO7S. The van der Waals surface area contributed by atoms with Crippen molar-refractivity contribution in [2.24, 2.45) is 5.92 Å². The van der Waals surface area contributed by atoms with Gasteiger partial charge in [-0.1, -0.05) is 32.0 Å². The molecule has 0 saturated carbocycles. The highest BCUT2D eigenvalue weighted by molar-refractivity contribution is 7.99. The van der Waals surface area contributed by atoms with Crippen LogP contribution in [0.15, 0.2) is 56.6 Å². The van der Waals surface area contributed by atoms with E-state index in [0.717, 1.165) is 17.6 Å². The average Bonchev–Trinajstić information content (AvgIpc) is 2.88. The van der Waals surface area contributed by atoms with Gasteiger partial charge < -0.3 is 23.2 Å². The molecule has 212 valence electrons. The van der Waals surface area contributed by atoms with Crippen molar-refractivity contribution < 1.29 is 36.6 Å². The van der Waals surface area contributed by atoms with Crippen molar-refractivity contribution in [2.75, 3.05) is 44.5 Å². The summed E-state index contributed by atoms with van der Waals surface area (Å²) in [6, 6.07) is 7.18. The van der Waals surface area contributed by atoms with Gasteiger partial charge in [0.15, 0.2) is 5.58 Å². The highest BCUT2D eigenvalue weighted by Gasteiger charge is 2.34. The standard InChI is InChI=1S/C27H30F3NO7S/c1-18(2)25(33)37-10-9-36-12-14-39-13-11-35-8-7-31-17-23-19(16-24(31)32)15-21(26(34)38-23)20-5-3-4-6-22(20)27(28,29)30/h3-6,15-18H,7-14H2,1-2H3. The van der Waals surface area contributed by atoms with Crippen molar-refractivity contribution in [1.82, 2.24) is 4.57 Å². The lowest BCUT2D eigenvalue weighted by molar-refractivity contribution is -0.148. The summed E-state index contributed by atoms with van der Waals surface area (Å²) < 4.78 is 62.8. The minimum Gasteiger partial charge on any atom is -0.463 e. The third-order valence-corrected chi connectivity index (χ3v) is 6.44. The molecule has 39 heavy (non-hydrogen) atoms. The van der Waals surface area contributed by atoms with E-state index < -0.39 is 22.9 Å². The minimum atomic E-state index is -4.65. The molecule has 0 saturated heterocycles. The lowest BCUT2D eigenvalue weighted by Gasteiger charge is -2.12. The summed E-state index contributed by atoms with van der Waals surface area (Å²) in [5.74, 6) is 1.06. The summed E-state index contributed by atoms with van der Waals surface area (Å²) in [6.07, 6.45) is -3.30. The van der Waals surface area contributed by atoms with Crippen molar-refractivity contribution in [2.45, 2.75) is 26.6 Å². The second kappa shape index (κ2) is 14.3. The number of aromatic nitrogens is 1. The van der Waals surface area contributed by atoms with Crippen LogP contribution in [0.2, 0.25) is 0 Å². The molecule has 0 atom stereocenters. The zero-order valence-corrected chi connectivity index (χ0v) is 22.4. The Kier molecular flexibility index (Phi) is 11.2. The number of ether oxygens (including phenoxy) is 3. The first-order valence-corrected chi connectivity index (χ1v) is 13.5. The number of rotatable bonds is 14. The van der Waals surface area contributed by atoms with E-state index in [1.807, 2.05) is 0 Å². The normalized spacial score (nSPS) is 11.8. The van der Waals surface area contributed by atoms with Gasteiger partial charge in [0, 0.05) is 35.1 Å². The summed E-state index contributed by atoms with van der Waals surface area (Å²) in [7, 11) is 0. The van der Waals surface area contributed by atoms with Crippen LogP contribution in [0.3, 0.4) is 0 Å². The van der Waals surface area contributed by atoms with E-state index in [1.54, 1.807) is 25.6 Å². The number of esters is 1. The number of halogens is 3. The van der Waals surface area contributed by atoms with E-state index in [9.17, 15) is 27.6 Å². The van der Waals surface area contributed by atoms with Gasteiger partial charge in [-0.2, -0.15) is 24.9 Å². The number of carbonyl (C=O) groups excluding carboxylic acids is 1. The Bertz CT molecular complexity index is 1370. The molecule has 0 aliphatic heterocycles. The number of alkyl halides is 3. The minimum absolute atomic E-state index is 0.0855. The maximum atomic E-state index is 13.4. The summed E-state index contributed by atoms with van der Waals surface area (Å²) >= 11 is 1.63. The fraction of sp³-hybridized carbons (Fsp3) is 0.444. The molecule has 0 bridgehead atoms. The number of hydrogen-bond acceptors (Lipinski definition) is 8. The molecule has 2 aromatic heterocycles. The second-order valence-corrected chi connectivity index (χ2v) is 10.00. The van der Waals surface area contributed by atoms with Gasteiger partial charge in [0.1, 0.15) is 6.61 Å². The number of fused-ring (bicyclic) bond motifs is 1. The summed E-state index contributed by atoms with van der Waals surface area (Å²) in [5, 5.41) is 0.223. The van der Waals surface area contributed by atoms with Crippen LogP contribution < -0.4 is 11.2 Å². The number of thioether (sulfide) groups is 1. The highest BCUT2D eigenvalue weighted by atomic mass is 32.2. The fourth-order valence-electron chi connectivity index (χ4n) is 3.53. The number of pyridine rings is 1. The van der Waals surface area contributed by atoms with E-state index >= 15 is 0 Å². The van der Waals surface area contributed by atoms with Crippen LogP contribution in [-0.4, -0.2) is 55.1 Å². The van der Waals surface area contributed by atoms with Gasteiger partial charge in [-0.3, -0.25) is 9.59 Å². The molecule has 0 fully saturated rings. The van der Waals surface area contributed by atoms with Gasteiger partial charge in [-0.05, 0) is 12.1 Å². The molecule has 8 nitrogen and oxygen atoms in total. The first-order chi connectivity index (χ1) is 18.6. The van der Waals surface area contributed by atoms with Crippen LogP contribution in [0, 0.1) is 5.92 Å². The summed E-state index contributed by atoms with van der Waals surface area (Å²) in [5.41, 5.74) is -2.79. The summed E-state index contributed by atoms with van der Waals surface area (Å²) in [6.45, 7) is 5.53. The van der Waals surface area contributed by atoms with E-state index in [2.05, 4.69) is 0 Å². The van der Waals surface area contributed by atoms with Crippen LogP contribution in [0.25, 0.3) is 22.1 Å². The molecule has 0 unspecified atom stereocenters. The van der Waals surface area contributed by atoms with Gasteiger partial charge in [0.2, 0.25) is 0 Å². The Morgan fingerprint density at radius 1 is 0.974 bits per heavy atom. The Labute approximate surface area is 227 Å². The lowest BCUT2D eigenvalue weighted by atomic mass is 10.00. The molecule has 3 aromatic rings. The van der Waals surface area contributed by atoms with E-state index in [-0.39, 0.29) is 53.7 Å². The third-order valence-electron chi connectivity index (χ3n) is 5.53. The molecule has 0 radical (unpaired) electrons. The molecule has 0 aliphatic carbocycles. The van der Waals surface area contributed by atoms with Gasteiger partial charge in [0.25, 0.3) is 5.56 Å². The molecule has 3 rings (SSSR count). The molecule has 0 aliphatic rings. The average molecular weight is 570 g/mol. The monoisotopic (exact) mass is 569 g/mol. The summed E-state index contributed by atoms with van der Waals surface area (Å²) in [4.78, 5) is 36.4. The van der Waals surface area contributed by atoms with Crippen LogP contribution >= 0.6 is 11.8 Å². The van der Waals surface area contributed by atoms with Crippen molar-refractivity contribution in [3.63, 3.8) is 0 Å². The maximum absolute atomic E-state index is 13.4. The van der Waals surface area contributed by atoms with Gasteiger partial charge in [-0.25, -0.2) is 4.79 Å². The van der Waals surface area contributed by atoms with Crippen LogP contribution in [0.1, 0.15) is 19.4 Å². The van der Waals surface area contributed by atoms with Crippen molar-refractivity contribution in [1.29, 1.82) is 0 Å². The SMILES string of the molecule is CC(C)C(=O)OCCOCCSCCOCCn1cc2oc(=O)c(-c3ccccc3C(F)(F)F)cc2cc1=O. The van der Waals surface area contributed by atoms with E-state index in [4.69, 9.17) is 18.6 Å². The van der Waals surface area contributed by atoms with Crippen LogP contribution in [0.4, 0.5) is 13.2 Å². The number of carbonyl (C=O) groups is 1. The predicted molar refractivity (Wildman–Crippen MR) is 142 cm³/mol. The molecular weight excluding hydrogens is 539 g/mol. The smallest absolute Gasteiger partial charge is 0.417 e. The first-order valence-electron chi connectivity index (χ1n) is 12.3. The van der Waals surface area contributed by atoms with Gasteiger partial charge in [0.05, 0.1) is 49.7 Å². The topological polar surface area (TPSA) is 97.0 Å². The Balaban J connectivity index is 1.46. The number of hydrogen-bond donors (Lipinski definition) is 0. The van der Waals surface area contributed by atoms with Crippen LogP contribution in [0.5, 0.6) is 0 Å². The molecule has 0 N–H and O–H groups in total. The molecule has 0 amide bonds. The fourth-order valence-corrected chi connectivity index (χ4v) is 4.21. The van der Waals surface area contributed by atoms with Crippen molar-refractivity contribution in [3.8, 4) is 11.1 Å². The lowest BCUT2D eigenvalue weighted by Crippen LogP contribution is -2.22. The quantitative estimate of drug-likeness (QED) is 0.205. The number of nitrogens with zero attached hydrogens (tertiary/aromatic N) is 1. The van der Waals surface area contributed by atoms with Crippen LogP contribution in [-0.2, 0) is 31.7 Å². The molecule has 0 spiro atoms. The van der Waals surface area contributed by atoms with Crippen molar-refractivity contribution >= 4 is 28.7 Å². The zero-order valence-electron chi connectivity index (χ0n) is 21.6. The predicted octanol–water partition coefficient (Wildman–Crippen LogP) is 4.61. The largest absolute Gasteiger partial charge is 0.463 e.